The summed E-state index contributed by atoms with van der Waals surface area (Å²) in [4.78, 5) is 6.42. The number of aromatic nitrogens is 2. The maximum Gasteiger partial charge on any atom is 0.194 e. The first-order chi connectivity index (χ1) is 10.1. The molecule has 0 unspecified atom stereocenters. The number of halogens is 1. The quantitative estimate of drug-likeness (QED) is 0.680. The van der Waals surface area contributed by atoms with E-state index in [4.69, 9.17) is 0 Å². The van der Waals surface area contributed by atoms with Crippen LogP contribution < -0.4 is 5.32 Å². The van der Waals surface area contributed by atoms with Crippen LogP contribution in [-0.4, -0.2) is 34.7 Å². The number of aryl methyl sites for hydroxylation is 1. The lowest BCUT2D eigenvalue weighted by molar-refractivity contribution is 0.474. The zero-order valence-electron chi connectivity index (χ0n) is 12.5. The molecule has 1 N–H and O–H groups in total. The van der Waals surface area contributed by atoms with Gasteiger partial charge in [0.05, 0.1) is 12.2 Å². The fourth-order valence-electron chi connectivity index (χ4n) is 2.07. The van der Waals surface area contributed by atoms with Crippen LogP contribution in [0.15, 0.2) is 46.0 Å². The summed E-state index contributed by atoms with van der Waals surface area (Å²) in [6, 6.07) is 10.3. The van der Waals surface area contributed by atoms with Crippen LogP contribution >= 0.6 is 15.9 Å². The summed E-state index contributed by atoms with van der Waals surface area (Å²) in [5.41, 5.74) is 2.36. The standard InChI is InChI=1S/C15H20BrN5/c1-17-15(18-10-14-8-9-19-21(14)3)20(2)11-12-4-6-13(16)7-5-12/h4-9H,10-11H2,1-3H3,(H,17,18). The topological polar surface area (TPSA) is 45.5 Å². The molecule has 1 aromatic heterocycles. The number of hydrogen-bond acceptors (Lipinski definition) is 2. The molecule has 21 heavy (non-hydrogen) atoms. The predicted octanol–water partition coefficient (Wildman–Crippen LogP) is 2.39. The smallest absolute Gasteiger partial charge is 0.194 e. The van der Waals surface area contributed by atoms with Gasteiger partial charge in [-0.1, -0.05) is 28.1 Å². The summed E-state index contributed by atoms with van der Waals surface area (Å²) in [5, 5.41) is 7.51. The van der Waals surface area contributed by atoms with Crippen molar-refractivity contribution in [3.63, 3.8) is 0 Å². The minimum absolute atomic E-state index is 0.702. The molecule has 0 saturated carbocycles. The van der Waals surface area contributed by atoms with Gasteiger partial charge in [0, 0.05) is 38.4 Å². The van der Waals surface area contributed by atoms with E-state index >= 15 is 0 Å². The van der Waals surface area contributed by atoms with Crippen LogP contribution in [0.2, 0.25) is 0 Å². The lowest BCUT2D eigenvalue weighted by Crippen LogP contribution is -2.38. The van der Waals surface area contributed by atoms with Crippen LogP contribution in [0.4, 0.5) is 0 Å². The van der Waals surface area contributed by atoms with Crippen molar-refractivity contribution in [2.45, 2.75) is 13.1 Å². The average molecular weight is 350 g/mol. The van der Waals surface area contributed by atoms with Gasteiger partial charge < -0.3 is 10.2 Å². The van der Waals surface area contributed by atoms with Crippen LogP contribution in [0, 0.1) is 0 Å². The highest BCUT2D eigenvalue weighted by Gasteiger charge is 2.07. The van der Waals surface area contributed by atoms with Crippen molar-refractivity contribution in [3.8, 4) is 0 Å². The van der Waals surface area contributed by atoms with Crippen molar-refractivity contribution < 1.29 is 0 Å². The Morgan fingerprint density at radius 2 is 2.05 bits per heavy atom. The van der Waals surface area contributed by atoms with E-state index in [2.05, 4.69) is 60.5 Å². The number of nitrogens with zero attached hydrogens (tertiary/aromatic N) is 4. The molecule has 0 aliphatic heterocycles. The Morgan fingerprint density at radius 3 is 2.62 bits per heavy atom. The molecule has 2 rings (SSSR count). The molecule has 0 aliphatic carbocycles. The Labute approximate surface area is 133 Å². The number of guanidine groups is 1. The van der Waals surface area contributed by atoms with Crippen LogP contribution in [0.5, 0.6) is 0 Å². The lowest BCUT2D eigenvalue weighted by atomic mass is 10.2. The predicted molar refractivity (Wildman–Crippen MR) is 89.0 cm³/mol. The molecule has 0 spiro atoms. The van der Waals surface area contributed by atoms with Crippen LogP contribution in [0.1, 0.15) is 11.3 Å². The van der Waals surface area contributed by atoms with E-state index in [-0.39, 0.29) is 0 Å². The van der Waals surface area contributed by atoms with E-state index in [0.717, 1.165) is 22.7 Å². The van der Waals surface area contributed by atoms with Gasteiger partial charge in [-0.3, -0.25) is 9.67 Å². The van der Waals surface area contributed by atoms with Gasteiger partial charge in [0.2, 0.25) is 0 Å². The highest BCUT2D eigenvalue weighted by atomic mass is 79.9. The molecule has 0 atom stereocenters. The summed E-state index contributed by atoms with van der Waals surface area (Å²) >= 11 is 3.45. The second kappa shape index (κ2) is 7.26. The van der Waals surface area contributed by atoms with Gasteiger partial charge in [0.15, 0.2) is 5.96 Å². The maximum atomic E-state index is 4.32. The van der Waals surface area contributed by atoms with E-state index in [1.165, 1.54) is 5.56 Å². The van der Waals surface area contributed by atoms with Crippen molar-refractivity contribution in [3.05, 3.63) is 52.3 Å². The Hall–Kier alpha value is -1.82. The van der Waals surface area contributed by atoms with Gasteiger partial charge in [0.25, 0.3) is 0 Å². The van der Waals surface area contributed by atoms with Crippen LogP contribution in [0.3, 0.4) is 0 Å². The summed E-state index contributed by atoms with van der Waals surface area (Å²) in [7, 11) is 5.76. The summed E-state index contributed by atoms with van der Waals surface area (Å²) < 4.78 is 2.95. The van der Waals surface area contributed by atoms with Crippen LogP contribution in [0.25, 0.3) is 0 Å². The molecular weight excluding hydrogens is 330 g/mol. The number of rotatable bonds is 4. The lowest BCUT2D eigenvalue weighted by Gasteiger charge is -2.22. The van der Waals surface area contributed by atoms with Crippen molar-refractivity contribution in [2.75, 3.05) is 14.1 Å². The minimum Gasteiger partial charge on any atom is -0.351 e. The molecule has 1 heterocycles. The number of benzene rings is 1. The summed E-state index contributed by atoms with van der Waals surface area (Å²) in [5.74, 6) is 0.860. The highest BCUT2D eigenvalue weighted by Crippen LogP contribution is 2.11. The SMILES string of the molecule is CN=C(NCc1ccnn1C)N(C)Cc1ccc(Br)cc1. The van der Waals surface area contributed by atoms with Crippen molar-refractivity contribution in [2.24, 2.45) is 12.0 Å². The molecule has 0 bridgehead atoms. The normalized spacial score (nSPS) is 11.5. The van der Waals surface area contributed by atoms with Gasteiger partial charge in [-0.15, -0.1) is 0 Å². The van der Waals surface area contributed by atoms with Crippen molar-refractivity contribution in [1.82, 2.24) is 20.0 Å². The van der Waals surface area contributed by atoms with Crippen LogP contribution in [-0.2, 0) is 20.1 Å². The first kappa shape index (κ1) is 15.6. The zero-order chi connectivity index (χ0) is 15.2. The average Bonchev–Trinajstić information content (AvgIpc) is 2.88. The molecule has 5 nitrogen and oxygen atoms in total. The minimum atomic E-state index is 0.702. The monoisotopic (exact) mass is 349 g/mol. The molecule has 0 amide bonds. The molecule has 1 aromatic carbocycles. The van der Waals surface area contributed by atoms with Gasteiger partial charge in [-0.2, -0.15) is 5.10 Å². The molecular formula is C15H20BrN5. The fraction of sp³-hybridized carbons (Fsp3) is 0.333. The van der Waals surface area contributed by atoms with E-state index in [1.54, 1.807) is 13.2 Å². The van der Waals surface area contributed by atoms with Gasteiger partial charge in [-0.05, 0) is 23.8 Å². The molecule has 0 radical (unpaired) electrons. The molecule has 0 aliphatic rings. The van der Waals surface area contributed by atoms with Gasteiger partial charge in [-0.25, -0.2) is 0 Å². The largest absolute Gasteiger partial charge is 0.351 e. The third-order valence-electron chi connectivity index (χ3n) is 3.26. The zero-order valence-corrected chi connectivity index (χ0v) is 14.1. The van der Waals surface area contributed by atoms with Crippen molar-refractivity contribution in [1.29, 1.82) is 0 Å². The maximum absolute atomic E-state index is 4.32. The Kier molecular flexibility index (Phi) is 5.38. The summed E-state index contributed by atoms with van der Waals surface area (Å²) in [6.07, 6.45) is 1.80. The van der Waals surface area contributed by atoms with Crippen molar-refractivity contribution >= 4 is 21.9 Å². The fourth-order valence-corrected chi connectivity index (χ4v) is 2.33. The Balaban J connectivity index is 1.94. The van der Waals surface area contributed by atoms with E-state index in [0.29, 0.717) is 6.54 Å². The molecule has 2 aromatic rings. The van der Waals surface area contributed by atoms with E-state index < -0.39 is 0 Å². The highest BCUT2D eigenvalue weighted by molar-refractivity contribution is 9.10. The molecule has 0 fully saturated rings. The summed E-state index contributed by atoms with van der Waals surface area (Å²) in [6.45, 7) is 1.51. The third kappa shape index (κ3) is 4.32. The van der Waals surface area contributed by atoms with E-state index in [1.807, 2.05) is 24.8 Å². The second-order valence-corrected chi connectivity index (χ2v) is 5.75. The number of nitrogens with one attached hydrogen (secondary N) is 1. The number of aliphatic imine (C=N–C) groups is 1. The molecule has 6 heteroatoms. The Bertz CT molecular complexity index is 603. The molecule has 0 saturated heterocycles. The van der Waals surface area contributed by atoms with E-state index in [9.17, 15) is 0 Å². The third-order valence-corrected chi connectivity index (χ3v) is 3.79. The second-order valence-electron chi connectivity index (χ2n) is 4.83. The first-order valence-electron chi connectivity index (χ1n) is 6.73. The van der Waals surface area contributed by atoms with Gasteiger partial charge in [0.1, 0.15) is 0 Å². The number of hydrogen-bond donors (Lipinski definition) is 1. The Morgan fingerprint density at radius 1 is 1.33 bits per heavy atom. The van der Waals surface area contributed by atoms with Gasteiger partial charge >= 0.3 is 0 Å². The molecule has 112 valence electrons. The first-order valence-corrected chi connectivity index (χ1v) is 7.52.